The maximum absolute atomic E-state index is 13.7. The molecule has 0 aliphatic carbocycles. The molecule has 0 atom stereocenters. The van der Waals surface area contributed by atoms with E-state index in [1.54, 1.807) is 41.3 Å². The number of hydrogen-bond acceptors (Lipinski definition) is 4. The predicted octanol–water partition coefficient (Wildman–Crippen LogP) is 2.42. The van der Waals surface area contributed by atoms with Gasteiger partial charge in [-0.1, -0.05) is 30.3 Å². The third-order valence-corrected chi connectivity index (χ3v) is 4.44. The van der Waals surface area contributed by atoms with Gasteiger partial charge in [0.2, 0.25) is 0 Å². The largest absolute Gasteiger partial charge is 0.482 e. The molecule has 2 aromatic rings. The fourth-order valence-corrected chi connectivity index (χ4v) is 2.94. The van der Waals surface area contributed by atoms with Gasteiger partial charge in [-0.25, -0.2) is 4.39 Å². The van der Waals surface area contributed by atoms with Gasteiger partial charge >= 0.3 is 0 Å². The number of halogens is 1. The van der Waals surface area contributed by atoms with E-state index in [0.29, 0.717) is 49.6 Å². The van der Waals surface area contributed by atoms with Crippen molar-refractivity contribution in [3.05, 3.63) is 65.5 Å². The Morgan fingerprint density at radius 3 is 2.50 bits per heavy atom. The molecule has 0 saturated carbocycles. The molecule has 0 unspecified atom stereocenters. The van der Waals surface area contributed by atoms with Crippen molar-refractivity contribution in [1.82, 2.24) is 9.80 Å². The van der Waals surface area contributed by atoms with Gasteiger partial charge in [0, 0.05) is 38.3 Å². The molecule has 0 aromatic heterocycles. The Morgan fingerprint density at radius 1 is 1.08 bits per heavy atom. The highest BCUT2D eigenvalue weighted by Gasteiger charge is 2.22. The normalized spacial score (nSPS) is 14.7. The van der Waals surface area contributed by atoms with E-state index in [-0.39, 0.29) is 18.3 Å². The maximum atomic E-state index is 13.7. The molecule has 3 rings (SSSR count). The van der Waals surface area contributed by atoms with Crippen LogP contribution in [0.15, 0.2) is 48.5 Å². The highest BCUT2D eigenvalue weighted by Crippen LogP contribution is 2.17. The first-order chi connectivity index (χ1) is 12.7. The molecule has 0 radical (unpaired) electrons. The van der Waals surface area contributed by atoms with Crippen LogP contribution >= 0.6 is 0 Å². The van der Waals surface area contributed by atoms with E-state index in [1.165, 1.54) is 6.07 Å². The van der Waals surface area contributed by atoms with Crippen molar-refractivity contribution in [3.8, 4) is 11.8 Å². The standard InChI is InChI=1S/C20H20FN3O2/c21-18-7-3-1-6-17(18)14-23-9-11-24(12-10-23)20(25)15-26-19-8-4-2-5-16(19)13-22/h1-8H,9-12,14-15H2. The fourth-order valence-electron chi connectivity index (χ4n) is 2.94. The van der Waals surface area contributed by atoms with E-state index in [1.807, 2.05) is 12.1 Å². The van der Waals surface area contributed by atoms with Crippen LogP contribution in [0.4, 0.5) is 4.39 Å². The maximum Gasteiger partial charge on any atom is 0.260 e. The van der Waals surface area contributed by atoms with Crippen LogP contribution in [0.2, 0.25) is 0 Å². The Kier molecular flexibility index (Phi) is 5.82. The monoisotopic (exact) mass is 353 g/mol. The number of para-hydroxylation sites is 1. The summed E-state index contributed by atoms with van der Waals surface area (Å²) in [5.41, 5.74) is 1.08. The highest BCUT2D eigenvalue weighted by molar-refractivity contribution is 5.78. The first-order valence-corrected chi connectivity index (χ1v) is 8.53. The van der Waals surface area contributed by atoms with Crippen LogP contribution in [-0.4, -0.2) is 48.5 Å². The zero-order valence-corrected chi connectivity index (χ0v) is 14.4. The van der Waals surface area contributed by atoms with Crippen LogP contribution in [-0.2, 0) is 11.3 Å². The Hall–Kier alpha value is -2.91. The molecule has 2 aromatic carbocycles. The van der Waals surface area contributed by atoms with Gasteiger partial charge < -0.3 is 9.64 Å². The number of hydrogen-bond donors (Lipinski definition) is 0. The third-order valence-electron chi connectivity index (χ3n) is 4.44. The molecular weight excluding hydrogens is 333 g/mol. The van der Waals surface area contributed by atoms with Gasteiger partial charge in [0.1, 0.15) is 17.6 Å². The van der Waals surface area contributed by atoms with Gasteiger partial charge in [-0.3, -0.25) is 9.69 Å². The van der Waals surface area contributed by atoms with Crippen LogP contribution in [0.25, 0.3) is 0 Å². The minimum Gasteiger partial charge on any atom is -0.482 e. The van der Waals surface area contributed by atoms with E-state index in [2.05, 4.69) is 4.90 Å². The number of carbonyl (C=O) groups excluding carboxylic acids is 1. The van der Waals surface area contributed by atoms with Crippen molar-refractivity contribution in [2.24, 2.45) is 0 Å². The molecule has 0 N–H and O–H groups in total. The average Bonchev–Trinajstić information content (AvgIpc) is 2.68. The first-order valence-electron chi connectivity index (χ1n) is 8.53. The summed E-state index contributed by atoms with van der Waals surface area (Å²) in [4.78, 5) is 16.2. The molecule has 5 nitrogen and oxygen atoms in total. The highest BCUT2D eigenvalue weighted by atomic mass is 19.1. The average molecular weight is 353 g/mol. The van der Waals surface area contributed by atoms with E-state index >= 15 is 0 Å². The molecule has 1 amide bonds. The minimum atomic E-state index is -0.199. The molecule has 1 aliphatic heterocycles. The molecular formula is C20H20FN3O2. The van der Waals surface area contributed by atoms with Gasteiger partial charge in [-0.05, 0) is 18.2 Å². The zero-order valence-electron chi connectivity index (χ0n) is 14.4. The summed E-state index contributed by atoms with van der Waals surface area (Å²) >= 11 is 0. The topological polar surface area (TPSA) is 56.6 Å². The number of amides is 1. The number of nitrogens with zero attached hydrogens (tertiary/aromatic N) is 3. The van der Waals surface area contributed by atoms with Gasteiger partial charge in [0.05, 0.1) is 5.56 Å². The van der Waals surface area contributed by atoms with E-state index < -0.39 is 0 Å². The molecule has 1 saturated heterocycles. The van der Waals surface area contributed by atoms with Gasteiger partial charge in [-0.15, -0.1) is 0 Å². The molecule has 26 heavy (non-hydrogen) atoms. The van der Waals surface area contributed by atoms with Gasteiger partial charge in [0.25, 0.3) is 5.91 Å². The second kappa shape index (κ2) is 8.45. The van der Waals surface area contributed by atoms with Crippen LogP contribution in [0, 0.1) is 17.1 Å². The van der Waals surface area contributed by atoms with Crippen molar-refractivity contribution in [3.63, 3.8) is 0 Å². The smallest absolute Gasteiger partial charge is 0.260 e. The summed E-state index contributed by atoms with van der Waals surface area (Å²) in [7, 11) is 0. The molecule has 0 spiro atoms. The molecule has 1 fully saturated rings. The van der Waals surface area contributed by atoms with Gasteiger partial charge in [-0.2, -0.15) is 5.26 Å². The summed E-state index contributed by atoms with van der Waals surface area (Å²) in [6.45, 7) is 2.99. The number of carbonyl (C=O) groups is 1. The van der Waals surface area contributed by atoms with Crippen LogP contribution in [0.1, 0.15) is 11.1 Å². The molecule has 134 valence electrons. The quantitative estimate of drug-likeness (QED) is 0.828. The number of benzene rings is 2. The van der Waals surface area contributed by atoms with E-state index in [4.69, 9.17) is 10.00 Å². The Bertz CT molecular complexity index is 811. The number of rotatable bonds is 5. The third kappa shape index (κ3) is 4.38. The number of ether oxygens (including phenoxy) is 1. The van der Waals surface area contributed by atoms with E-state index in [0.717, 1.165) is 0 Å². The number of nitriles is 1. The summed E-state index contributed by atoms with van der Waals surface area (Å²) in [6.07, 6.45) is 0. The Morgan fingerprint density at radius 2 is 1.77 bits per heavy atom. The van der Waals surface area contributed by atoms with Crippen LogP contribution in [0.5, 0.6) is 5.75 Å². The zero-order chi connectivity index (χ0) is 18.4. The predicted molar refractivity (Wildman–Crippen MR) is 94.9 cm³/mol. The molecule has 0 bridgehead atoms. The van der Waals surface area contributed by atoms with E-state index in [9.17, 15) is 9.18 Å². The Labute approximate surface area is 152 Å². The summed E-state index contributed by atoms with van der Waals surface area (Å²) in [5, 5.41) is 9.04. The lowest BCUT2D eigenvalue weighted by atomic mass is 10.2. The minimum absolute atomic E-state index is 0.0913. The second-order valence-corrected chi connectivity index (χ2v) is 6.14. The van der Waals surface area contributed by atoms with Crippen molar-refractivity contribution in [2.45, 2.75) is 6.54 Å². The van der Waals surface area contributed by atoms with Gasteiger partial charge in [0.15, 0.2) is 6.61 Å². The SMILES string of the molecule is N#Cc1ccccc1OCC(=O)N1CCN(Cc2ccccc2F)CC1. The summed E-state index contributed by atoms with van der Waals surface area (Å²) < 4.78 is 19.2. The van der Waals surface area contributed by atoms with Crippen molar-refractivity contribution >= 4 is 5.91 Å². The molecule has 1 heterocycles. The molecule has 6 heteroatoms. The van der Waals surface area contributed by atoms with Crippen molar-refractivity contribution < 1.29 is 13.9 Å². The molecule has 1 aliphatic rings. The number of piperazine rings is 1. The fraction of sp³-hybridized carbons (Fsp3) is 0.300. The lowest BCUT2D eigenvalue weighted by molar-refractivity contribution is -0.135. The second-order valence-electron chi connectivity index (χ2n) is 6.14. The lowest BCUT2D eigenvalue weighted by Crippen LogP contribution is -2.49. The van der Waals surface area contributed by atoms with Crippen LogP contribution < -0.4 is 4.74 Å². The van der Waals surface area contributed by atoms with Crippen molar-refractivity contribution in [2.75, 3.05) is 32.8 Å². The van der Waals surface area contributed by atoms with Crippen molar-refractivity contribution in [1.29, 1.82) is 5.26 Å². The Balaban J connectivity index is 1.48. The summed E-state index contributed by atoms with van der Waals surface area (Å²) in [6, 6.07) is 15.7. The van der Waals surface area contributed by atoms with Crippen LogP contribution in [0.3, 0.4) is 0 Å². The first kappa shape index (κ1) is 17.9. The summed E-state index contributed by atoms with van der Waals surface area (Å²) in [5.74, 6) is 0.111. The lowest BCUT2D eigenvalue weighted by Gasteiger charge is -2.34.